The smallest absolute Gasteiger partial charge is 0.127 e. The molecule has 0 amide bonds. The Hall–Kier alpha value is -1.64. The summed E-state index contributed by atoms with van der Waals surface area (Å²) in [5.74, 6) is 0. The van der Waals surface area contributed by atoms with Crippen molar-refractivity contribution in [1.82, 2.24) is 0 Å². The van der Waals surface area contributed by atoms with Gasteiger partial charge >= 0.3 is 0 Å². The van der Waals surface area contributed by atoms with Crippen LogP contribution in [0.15, 0.2) is 54.6 Å². The zero-order chi connectivity index (χ0) is 15.2. The molecule has 0 spiro atoms. The molecule has 116 valence electrons. The fourth-order valence-electron chi connectivity index (χ4n) is 3.38. The third-order valence-corrected chi connectivity index (χ3v) is 4.85. The second-order valence-corrected chi connectivity index (χ2v) is 6.51. The van der Waals surface area contributed by atoms with Gasteiger partial charge in [-0.15, -0.1) is 0 Å². The van der Waals surface area contributed by atoms with Crippen molar-refractivity contribution in [3.63, 3.8) is 0 Å². The molecule has 1 fully saturated rings. The third kappa shape index (κ3) is 4.19. The highest BCUT2D eigenvalue weighted by atomic mass is 15.3. The first-order valence-corrected chi connectivity index (χ1v) is 8.62. The normalized spacial score (nSPS) is 21.7. The molecular weight excluding hydrogens is 268 g/mol. The summed E-state index contributed by atoms with van der Waals surface area (Å²) < 4.78 is 0. The highest BCUT2D eigenvalue weighted by Crippen LogP contribution is 2.03. The predicted molar refractivity (Wildman–Crippen MR) is 91.1 cm³/mol. The van der Waals surface area contributed by atoms with Gasteiger partial charge in [0.15, 0.2) is 0 Å². The second-order valence-electron chi connectivity index (χ2n) is 6.51. The average molecular weight is 296 g/mol. The Morgan fingerprint density at radius 2 is 1.09 bits per heavy atom. The van der Waals surface area contributed by atoms with Gasteiger partial charge < -0.3 is 9.80 Å². The summed E-state index contributed by atoms with van der Waals surface area (Å²) in [4.78, 5) is 3.47. The monoisotopic (exact) mass is 296 g/mol. The summed E-state index contributed by atoms with van der Waals surface area (Å²) in [6.45, 7) is 9.74. The van der Waals surface area contributed by atoms with E-state index < -0.39 is 0 Å². The van der Waals surface area contributed by atoms with E-state index >= 15 is 0 Å². The first-order chi connectivity index (χ1) is 10.8. The van der Waals surface area contributed by atoms with E-state index in [0.717, 1.165) is 6.42 Å². The minimum Gasteiger partial charge on any atom is -0.322 e. The van der Waals surface area contributed by atoms with Crippen LogP contribution in [0.3, 0.4) is 0 Å². The van der Waals surface area contributed by atoms with Gasteiger partial charge in [-0.25, -0.2) is 0 Å². The number of quaternary nitrogens is 2. The number of rotatable bonds is 5. The van der Waals surface area contributed by atoms with Crippen molar-refractivity contribution < 1.29 is 9.80 Å². The summed E-state index contributed by atoms with van der Waals surface area (Å²) in [6, 6.07) is 20.1. The van der Waals surface area contributed by atoms with E-state index in [1.54, 1.807) is 9.80 Å². The topological polar surface area (TPSA) is 8.88 Å². The van der Waals surface area contributed by atoms with Crippen LogP contribution in [0.2, 0.25) is 0 Å². The van der Waals surface area contributed by atoms with Gasteiger partial charge in [-0.1, -0.05) is 61.5 Å². The molecule has 0 aromatic heterocycles. The molecule has 1 heterocycles. The van der Waals surface area contributed by atoms with Crippen molar-refractivity contribution in [2.75, 3.05) is 26.2 Å². The lowest BCUT2D eigenvalue weighted by Gasteiger charge is -2.29. The zero-order valence-corrected chi connectivity index (χ0v) is 13.6. The number of aryl methyl sites for hydroxylation is 1. The van der Waals surface area contributed by atoms with Crippen molar-refractivity contribution >= 4 is 0 Å². The molecule has 2 nitrogen and oxygen atoms in total. The second kappa shape index (κ2) is 7.57. The van der Waals surface area contributed by atoms with Gasteiger partial charge in [0.25, 0.3) is 0 Å². The van der Waals surface area contributed by atoms with Crippen molar-refractivity contribution in [3.05, 3.63) is 71.3 Å². The number of piperazine rings is 1. The number of nitrogens with one attached hydrogen (secondary N) is 2. The van der Waals surface area contributed by atoms with Crippen LogP contribution in [0.4, 0.5) is 0 Å². The zero-order valence-electron chi connectivity index (χ0n) is 13.6. The van der Waals surface area contributed by atoms with Crippen LogP contribution < -0.4 is 9.80 Å². The predicted octanol–water partition coefficient (Wildman–Crippen LogP) is 0.733. The van der Waals surface area contributed by atoms with Crippen molar-refractivity contribution in [2.45, 2.75) is 26.4 Å². The van der Waals surface area contributed by atoms with Crippen LogP contribution in [-0.4, -0.2) is 26.2 Å². The number of benzene rings is 2. The Morgan fingerprint density at radius 3 is 1.59 bits per heavy atom. The molecule has 2 N–H and O–H groups in total. The lowest BCUT2D eigenvalue weighted by Crippen LogP contribution is -3.27. The van der Waals surface area contributed by atoms with E-state index in [2.05, 4.69) is 61.5 Å². The number of hydrogen-bond acceptors (Lipinski definition) is 0. The summed E-state index contributed by atoms with van der Waals surface area (Å²) >= 11 is 0. The van der Waals surface area contributed by atoms with E-state index in [4.69, 9.17) is 0 Å². The van der Waals surface area contributed by atoms with Gasteiger partial charge in [-0.2, -0.15) is 0 Å². The minimum absolute atomic E-state index is 1.13. The Morgan fingerprint density at radius 1 is 0.636 bits per heavy atom. The van der Waals surface area contributed by atoms with E-state index in [9.17, 15) is 0 Å². The highest BCUT2D eigenvalue weighted by Gasteiger charge is 2.22. The summed E-state index contributed by atoms with van der Waals surface area (Å²) in [5.41, 5.74) is 4.39. The molecule has 0 radical (unpaired) electrons. The van der Waals surface area contributed by atoms with Crippen LogP contribution in [0.1, 0.15) is 23.6 Å². The molecule has 0 atom stereocenters. The quantitative estimate of drug-likeness (QED) is 0.805. The summed E-state index contributed by atoms with van der Waals surface area (Å²) in [6.07, 6.45) is 1.13. The molecule has 0 unspecified atom stereocenters. The van der Waals surface area contributed by atoms with Gasteiger partial charge in [0.1, 0.15) is 39.3 Å². The first-order valence-electron chi connectivity index (χ1n) is 8.62. The van der Waals surface area contributed by atoms with Crippen LogP contribution in [0.5, 0.6) is 0 Å². The maximum absolute atomic E-state index is 2.31. The van der Waals surface area contributed by atoms with Crippen molar-refractivity contribution in [2.24, 2.45) is 0 Å². The van der Waals surface area contributed by atoms with Gasteiger partial charge in [-0.05, 0) is 12.0 Å². The molecule has 3 rings (SSSR count). The average Bonchev–Trinajstić information content (AvgIpc) is 2.58. The third-order valence-electron chi connectivity index (χ3n) is 4.85. The molecule has 2 aromatic carbocycles. The summed E-state index contributed by atoms with van der Waals surface area (Å²) in [7, 11) is 0. The molecule has 0 saturated carbocycles. The van der Waals surface area contributed by atoms with Gasteiger partial charge in [-0.3, -0.25) is 0 Å². The van der Waals surface area contributed by atoms with E-state index in [0.29, 0.717) is 0 Å². The Balaban J connectivity index is 1.47. The first kappa shape index (κ1) is 15.3. The van der Waals surface area contributed by atoms with E-state index in [1.165, 1.54) is 56.0 Å². The molecular formula is C20H28N2+2. The largest absolute Gasteiger partial charge is 0.322 e. The van der Waals surface area contributed by atoms with Crippen LogP contribution in [0.25, 0.3) is 0 Å². The molecule has 0 bridgehead atoms. The fourth-order valence-corrected chi connectivity index (χ4v) is 3.38. The van der Waals surface area contributed by atoms with E-state index in [1.807, 2.05) is 0 Å². The fraction of sp³-hybridized carbons (Fsp3) is 0.400. The molecule has 0 aliphatic carbocycles. The maximum Gasteiger partial charge on any atom is 0.127 e. The molecule has 1 saturated heterocycles. The van der Waals surface area contributed by atoms with Gasteiger partial charge in [0.2, 0.25) is 0 Å². The minimum atomic E-state index is 1.13. The Bertz CT molecular complexity index is 554. The van der Waals surface area contributed by atoms with Crippen molar-refractivity contribution in [1.29, 1.82) is 0 Å². The summed E-state index contributed by atoms with van der Waals surface area (Å²) in [5, 5.41) is 0. The van der Waals surface area contributed by atoms with Gasteiger partial charge in [0, 0.05) is 11.1 Å². The molecule has 1 aliphatic rings. The number of hydrogen-bond donors (Lipinski definition) is 2. The molecule has 1 aliphatic heterocycles. The van der Waals surface area contributed by atoms with Crippen LogP contribution in [0, 0.1) is 0 Å². The van der Waals surface area contributed by atoms with Gasteiger partial charge in [0.05, 0.1) is 0 Å². The Kier molecular flexibility index (Phi) is 5.25. The molecule has 22 heavy (non-hydrogen) atoms. The molecule has 2 aromatic rings. The molecule has 2 heteroatoms. The SMILES string of the molecule is CCc1ccc(C[NH+]2CC[NH+](Cc3ccccc3)CC2)cc1. The maximum atomic E-state index is 2.31. The lowest BCUT2D eigenvalue weighted by atomic mass is 10.1. The standard InChI is InChI=1S/C20H26N2/c1-2-18-8-10-20(11-9-18)17-22-14-12-21(13-15-22)16-19-6-4-3-5-7-19/h3-11H,2,12-17H2,1H3/p+2. The van der Waals surface area contributed by atoms with Crippen LogP contribution in [-0.2, 0) is 19.5 Å². The van der Waals surface area contributed by atoms with E-state index in [-0.39, 0.29) is 0 Å². The Labute approximate surface area is 134 Å². The lowest BCUT2D eigenvalue weighted by molar-refractivity contribution is -1.02. The highest BCUT2D eigenvalue weighted by molar-refractivity contribution is 5.21. The van der Waals surface area contributed by atoms with Crippen LogP contribution >= 0.6 is 0 Å². The van der Waals surface area contributed by atoms with Crippen molar-refractivity contribution in [3.8, 4) is 0 Å².